The molecule has 0 aliphatic heterocycles. The molecule has 2 N–H and O–H groups in total. The fourth-order valence-electron chi connectivity index (χ4n) is 1.43. The molecule has 1 aromatic carbocycles. The summed E-state index contributed by atoms with van der Waals surface area (Å²) in [4.78, 5) is 0. The molecule has 0 aliphatic rings. The standard InChI is InChI=1S/C11H17AsO4/c1-3-9(13)8-12(14,15)10-6-4-5-7-11(10)16-2/h4-7,9,13H,3,8H2,1-2H3,(H,14,15). The number of benzene rings is 1. The van der Waals surface area contributed by atoms with E-state index in [4.69, 9.17) is 4.74 Å². The minimum absolute atomic E-state index is 0.0743. The number of methoxy groups -OCH3 is 1. The van der Waals surface area contributed by atoms with E-state index in [0.29, 0.717) is 16.5 Å². The van der Waals surface area contributed by atoms with Crippen molar-refractivity contribution in [2.75, 3.05) is 7.11 Å². The third-order valence-corrected chi connectivity index (χ3v) is 6.67. The van der Waals surface area contributed by atoms with E-state index in [1.54, 1.807) is 31.2 Å². The van der Waals surface area contributed by atoms with Crippen LogP contribution in [0.15, 0.2) is 24.3 Å². The molecule has 0 aromatic heterocycles. The van der Waals surface area contributed by atoms with Crippen LogP contribution in [0.2, 0.25) is 5.21 Å². The Bertz CT molecular complexity index is 391. The zero-order valence-corrected chi connectivity index (χ0v) is 11.3. The molecule has 1 aromatic rings. The number of para-hydroxylation sites is 1. The molecule has 4 nitrogen and oxygen atoms in total. The molecule has 5 heteroatoms. The number of aliphatic hydroxyl groups excluding tert-OH is 1. The number of ether oxygens (including phenoxy) is 1. The molecule has 0 fully saturated rings. The molecule has 90 valence electrons. The molecule has 1 rings (SSSR count). The van der Waals surface area contributed by atoms with Gasteiger partial charge in [0.05, 0.1) is 0 Å². The van der Waals surface area contributed by atoms with Crippen LogP contribution in [0.3, 0.4) is 0 Å². The number of hydrogen-bond acceptors (Lipinski definition) is 3. The monoisotopic (exact) mass is 288 g/mol. The fraction of sp³-hybridized carbons (Fsp3) is 0.455. The van der Waals surface area contributed by atoms with Crippen molar-refractivity contribution in [3.8, 4) is 5.75 Å². The van der Waals surface area contributed by atoms with Crippen molar-refractivity contribution in [1.82, 2.24) is 0 Å². The molecule has 0 radical (unpaired) electrons. The van der Waals surface area contributed by atoms with Gasteiger partial charge in [0, 0.05) is 0 Å². The molecule has 0 amide bonds. The normalized spacial score (nSPS) is 16.5. The van der Waals surface area contributed by atoms with Gasteiger partial charge < -0.3 is 0 Å². The van der Waals surface area contributed by atoms with E-state index in [1.165, 1.54) is 7.11 Å². The quantitative estimate of drug-likeness (QED) is 0.776. The van der Waals surface area contributed by atoms with Gasteiger partial charge in [-0.2, -0.15) is 0 Å². The first-order valence-electron chi connectivity index (χ1n) is 5.14. The van der Waals surface area contributed by atoms with Crippen LogP contribution in [-0.2, 0) is 3.74 Å². The van der Waals surface area contributed by atoms with Crippen molar-refractivity contribution in [1.29, 1.82) is 0 Å². The zero-order chi connectivity index (χ0) is 12.2. The first kappa shape index (κ1) is 13.4. The molecule has 0 saturated heterocycles. The van der Waals surface area contributed by atoms with Crippen molar-refractivity contribution in [3.63, 3.8) is 0 Å². The second kappa shape index (κ2) is 5.57. The number of hydrogen-bond donors (Lipinski definition) is 2. The second-order valence-electron chi connectivity index (χ2n) is 3.62. The second-order valence-corrected chi connectivity index (χ2v) is 8.34. The van der Waals surface area contributed by atoms with Crippen LogP contribution < -0.4 is 9.09 Å². The van der Waals surface area contributed by atoms with Crippen LogP contribution in [0.5, 0.6) is 5.75 Å². The van der Waals surface area contributed by atoms with Gasteiger partial charge in [-0.25, -0.2) is 0 Å². The molecule has 0 spiro atoms. The Kier molecular flexibility index (Phi) is 4.66. The van der Waals surface area contributed by atoms with Crippen LogP contribution in [0.25, 0.3) is 0 Å². The summed E-state index contributed by atoms with van der Waals surface area (Å²) >= 11 is -4.22. The Morgan fingerprint density at radius 1 is 1.44 bits per heavy atom. The van der Waals surface area contributed by atoms with Gasteiger partial charge in [0.25, 0.3) is 0 Å². The summed E-state index contributed by atoms with van der Waals surface area (Å²) < 4.78 is 27.5. The Balaban J connectivity index is 3.01. The van der Waals surface area contributed by atoms with Gasteiger partial charge in [-0.05, 0) is 0 Å². The van der Waals surface area contributed by atoms with E-state index in [-0.39, 0.29) is 5.21 Å². The number of aliphatic hydroxyl groups is 1. The molecule has 0 aliphatic carbocycles. The van der Waals surface area contributed by atoms with Gasteiger partial charge in [0.15, 0.2) is 0 Å². The summed E-state index contributed by atoms with van der Waals surface area (Å²) in [6.07, 6.45) is -0.263. The van der Waals surface area contributed by atoms with Crippen LogP contribution in [0, 0.1) is 0 Å². The third kappa shape index (κ3) is 3.14. The summed E-state index contributed by atoms with van der Waals surface area (Å²) in [6.45, 7) is 1.78. The Hall–Kier alpha value is -0.702. The van der Waals surface area contributed by atoms with Crippen molar-refractivity contribution in [3.05, 3.63) is 24.3 Å². The predicted octanol–water partition coefficient (Wildman–Crippen LogP) is 0.538. The molecule has 0 heterocycles. The van der Waals surface area contributed by atoms with Crippen LogP contribution >= 0.6 is 0 Å². The van der Waals surface area contributed by atoms with Gasteiger partial charge in [-0.15, -0.1) is 0 Å². The van der Waals surface area contributed by atoms with Gasteiger partial charge in [0.1, 0.15) is 0 Å². The van der Waals surface area contributed by atoms with E-state index >= 15 is 0 Å². The first-order valence-corrected chi connectivity index (χ1v) is 9.01. The Morgan fingerprint density at radius 3 is 2.62 bits per heavy atom. The average Bonchev–Trinajstić information content (AvgIpc) is 2.28. The maximum atomic E-state index is 12.1. The Morgan fingerprint density at radius 2 is 2.06 bits per heavy atom. The van der Waals surface area contributed by atoms with Crippen molar-refractivity contribution in [2.24, 2.45) is 0 Å². The maximum absolute atomic E-state index is 12.1. The molecule has 2 unspecified atom stereocenters. The summed E-state index contributed by atoms with van der Waals surface area (Å²) in [5, 5.41) is 9.39. The van der Waals surface area contributed by atoms with Crippen molar-refractivity contribution in [2.45, 2.75) is 24.7 Å². The first-order chi connectivity index (χ1) is 7.51. The van der Waals surface area contributed by atoms with E-state index in [0.717, 1.165) is 0 Å². The average molecular weight is 288 g/mol. The van der Waals surface area contributed by atoms with Gasteiger partial charge in [-0.3, -0.25) is 0 Å². The molecule has 0 bridgehead atoms. The van der Waals surface area contributed by atoms with Crippen LogP contribution in [-0.4, -0.2) is 36.2 Å². The minimum atomic E-state index is -4.22. The van der Waals surface area contributed by atoms with Gasteiger partial charge >= 0.3 is 97.6 Å². The predicted molar refractivity (Wildman–Crippen MR) is 62.4 cm³/mol. The SMILES string of the molecule is CCC(O)C[As](=O)(O)c1ccccc1OC. The summed E-state index contributed by atoms with van der Waals surface area (Å²) in [5.74, 6) is 0.413. The van der Waals surface area contributed by atoms with Gasteiger partial charge in [0.2, 0.25) is 0 Å². The molecule has 2 atom stereocenters. The molecular weight excluding hydrogens is 271 g/mol. The van der Waals surface area contributed by atoms with E-state index in [9.17, 15) is 12.9 Å². The number of rotatable bonds is 5. The Labute approximate surface area is 97.9 Å². The third-order valence-electron chi connectivity index (χ3n) is 2.39. The van der Waals surface area contributed by atoms with E-state index in [1.807, 2.05) is 0 Å². The van der Waals surface area contributed by atoms with Crippen LogP contribution in [0.1, 0.15) is 13.3 Å². The summed E-state index contributed by atoms with van der Waals surface area (Å²) in [7, 11) is 1.46. The van der Waals surface area contributed by atoms with E-state index < -0.39 is 19.9 Å². The topological polar surface area (TPSA) is 66.8 Å². The van der Waals surface area contributed by atoms with Crippen molar-refractivity contribution < 1.29 is 17.7 Å². The molecule has 0 saturated carbocycles. The van der Waals surface area contributed by atoms with Gasteiger partial charge in [-0.1, -0.05) is 0 Å². The zero-order valence-electron chi connectivity index (χ0n) is 9.46. The summed E-state index contributed by atoms with van der Waals surface area (Å²) in [6, 6.07) is 6.67. The van der Waals surface area contributed by atoms with Crippen LogP contribution in [0.4, 0.5) is 0 Å². The van der Waals surface area contributed by atoms with E-state index in [2.05, 4.69) is 0 Å². The van der Waals surface area contributed by atoms with Crippen molar-refractivity contribution >= 4 is 18.2 Å². The molecule has 16 heavy (non-hydrogen) atoms. The fourth-order valence-corrected chi connectivity index (χ4v) is 5.32. The summed E-state index contributed by atoms with van der Waals surface area (Å²) in [5.41, 5.74) is 0. The molecular formula is C11H17AsO4.